The van der Waals surface area contributed by atoms with Gasteiger partial charge < -0.3 is 9.80 Å². The van der Waals surface area contributed by atoms with Gasteiger partial charge in [0.25, 0.3) is 0 Å². The molecule has 0 aromatic heterocycles. The van der Waals surface area contributed by atoms with Gasteiger partial charge in [0.15, 0.2) is 0 Å². The molecule has 2 nitrogen and oxygen atoms in total. The van der Waals surface area contributed by atoms with Crippen molar-refractivity contribution in [2.75, 3.05) is 37.7 Å². The van der Waals surface area contributed by atoms with Crippen molar-refractivity contribution in [2.45, 2.75) is 0 Å². The van der Waals surface area contributed by atoms with Crippen LogP contribution in [0.15, 0.2) is 62.8 Å². The lowest BCUT2D eigenvalue weighted by molar-refractivity contribution is 0.533. The number of hydrogen-bond donors (Lipinski definition) is 0. The maximum atomic E-state index is 5.46. The van der Waals surface area contributed by atoms with Crippen LogP contribution in [0, 0.1) is 0 Å². The highest BCUT2D eigenvalue weighted by Gasteiger charge is 2.10. The Balaban J connectivity index is 4.29. The highest BCUT2D eigenvalue weighted by Crippen LogP contribution is 2.18. The number of hydrogen-bond acceptors (Lipinski definition) is 4. The summed E-state index contributed by atoms with van der Waals surface area (Å²) in [6.45, 7) is 22.0. The summed E-state index contributed by atoms with van der Waals surface area (Å²) in [5.41, 5.74) is 1.10. The molecule has 0 atom stereocenters. The minimum atomic E-state index is 0.723. The van der Waals surface area contributed by atoms with E-state index in [9.17, 15) is 0 Å². The molecular weight excluding hydrogens is 372 g/mol. The van der Waals surface area contributed by atoms with Gasteiger partial charge >= 0.3 is 0 Å². The summed E-state index contributed by atoms with van der Waals surface area (Å²) in [6.07, 6.45) is 7.36. The zero-order valence-corrected chi connectivity index (χ0v) is 17.4. The largest absolute Gasteiger partial charge is 0.350 e. The molecular formula is C18H26N2S4. The minimum Gasteiger partial charge on any atom is -0.350 e. The monoisotopic (exact) mass is 398 g/mol. The minimum absolute atomic E-state index is 0.723. The summed E-state index contributed by atoms with van der Waals surface area (Å²) in [5, 5.41) is 0. The van der Waals surface area contributed by atoms with E-state index >= 15 is 0 Å². The first-order valence-electron chi connectivity index (χ1n) is 7.43. The average molecular weight is 399 g/mol. The van der Waals surface area contributed by atoms with Crippen LogP contribution in [0.3, 0.4) is 0 Å². The van der Waals surface area contributed by atoms with Gasteiger partial charge in [-0.15, -0.1) is 26.3 Å². The second kappa shape index (κ2) is 14.5. The van der Waals surface area contributed by atoms with E-state index in [4.69, 9.17) is 24.4 Å². The van der Waals surface area contributed by atoms with E-state index in [1.807, 2.05) is 24.3 Å². The van der Waals surface area contributed by atoms with Crippen LogP contribution >= 0.6 is 48.0 Å². The Morgan fingerprint density at radius 2 is 1.00 bits per heavy atom. The topological polar surface area (TPSA) is 6.48 Å². The molecule has 0 aliphatic carbocycles. The molecule has 24 heavy (non-hydrogen) atoms. The van der Waals surface area contributed by atoms with Crippen LogP contribution in [0.4, 0.5) is 0 Å². The second-order valence-corrected chi connectivity index (χ2v) is 8.04. The fraction of sp³-hybridized carbons (Fsp3) is 0.333. The summed E-state index contributed by atoms with van der Waals surface area (Å²) in [7, 11) is 0. The average Bonchev–Trinajstić information content (AvgIpc) is 2.57. The third-order valence-electron chi connectivity index (χ3n) is 2.71. The number of thioether (sulfide) groups is 2. The molecule has 0 aromatic carbocycles. The quantitative estimate of drug-likeness (QED) is 0.337. The van der Waals surface area contributed by atoms with Crippen LogP contribution in [-0.4, -0.2) is 56.1 Å². The molecule has 0 amide bonds. The first-order valence-corrected chi connectivity index (χ1v) is 10.2. The van der Waals surface area contributed by atoms with Crippen molar-refractivity contribution >= 4 is 56.6 Å². The molecule has 132 valence electrons. The third kappa shape index (κ3) is 10.1. The Morgan fingerprint density at radius 3 is 1.25 bits per heavy atom. The van der Waals surface area contributed by atoms with Crippen LogP contribution in [0.1, 0.15) is 0 Å². The molecule has 0 aromatic rings. The third-order valence-corrected chi connectivity index (χ3v) is 6.05. The summed E-state index contributed by atoms with van der Waals surface area (Å²) in [6, 6.07) is 0. The Hall–Kier alpha value is -0.820. The molecule has 0 unspecified atom stereocenters. The standard InChI is InChI=1S/C18H26N2S4/c1-6-10-19(11-7-2)17(21)23-14-16(5)15-24-18(22)20(12-8-3)13-9-4/h6-9H,1-5,10-15H2. The normalized spacial score (nSPS) is 9.67. The zero-order valence-electron chi connectivity index (χ0n) is 14.1. The highest BCUT2D eigenvalue weighted by molar-refractivity contribution is 8.23. The number of nitrogens with zero attached hydrogens (tertiary/aromatic N) is 2. The van der Waals surface area contributed by atoms with Gasteiger partial charge in [-0.2, -0.15) is 0 Å². The Labute approximate surface area is 166 Å². The van der Waals surface area contributed by atoms with Gasteiger partial charge in [-0.05, 0) is 0 Å². The lowest BCUT2D eigenvalue weighted by Crippen LogP contribution is -2.28. The molecule has 0 saturated heterocycles. The van der Waals surface area contributed by atoms with E-state index in [0.717, 1.165) is 51.9 Å². The molecule has 0 bridgehead atoms. The number of thiocarbonyl (C=S) groups is 2. The van der Waals surface area contributed by atoms with E-state index in [-0.39, 0.29) is 0 Å². The summed E-state index contributed by atoms with van der Waals surface area (Å²) in [5.74, 6) is 1.56. The van der Waals surface area contributed by atoms with Gasteiger partial charge in [0.05, 0.1) is 0 Å². The van der Waals surface area contributed by atoms with Crippen LogP contribution in [0.5, 0.6) is 0 Å². The molecule has 6 heteroatoms. The maximum Gasteiger partial charge on any atom is 0.137 e. The molecule has 0 spiro atoms. The summed E-state index contributed by atoms with van der Waals surface area (Å²) in [4.78, 5) is 4.11. The predicted octanol–water partition coefficient (Wildman–Crippen LogP) is 4.93. The van der Waals surface area contributed by atoms with Crippen LogP contribution < -0.4 is 0 Å². The van der Waals surface area contributed by atoms with E-state index in [1.54, 1.807) is 23.5 Å². The van der Waals surface area contributed by atoms with Gasteiger partial charge in [0, 0.05) is 37.7 Å². The predicted molar refractivity (Wildman–Crippen MR) is 123 cm³/mol. The SMILES string of the molecule is C=CCN(CC=C)C(=S)SCC(=C)CSC(=S)N(CC=C)CC=C. The van der Waals surface area contributed by atoms with E-state index in [0.29, 0.717) is 0 Å². The van der Waals surface area contributed by atoms with E-state index in [1.165, 1.54) is 0 Å². The Kier molecular flexibility index (Phi) is 14.0. The van der Waals surface area contributed by atoms with Crippen molar-refractivity contribution in [1.29, 1.82) is 0 Å². The van der Waals surface area contributed by atoms with Gasteiger partial charge in [-0.1, -0.05) is 84.4 Å². The Bertz CT molecular complexity index is 423. The van der Waals surface area contributed by atoms with E-state index in [2.05, 4.69) is 42.7 Å². The van der Waals surface area contributed by atoms with Crippen molar-refractivity contribution < 1.29 is 0 Å². The van der Waals surface area contributed by atoms with Crippen molar-refractivity contribution in [3.8, 4) is 0 Å². The summed E-state index contributed by atoms with van der Waals surface area (Å²) < 4.78 is 1.67. The van der Waals surface area contributed by atoms with Crippen LogP contribution in [-0.2, 0) is 0 Å². The van der Waals surface area contributed by atoms with Gasteiger partial charge in [0.1, 0.15) is 8.64 Å². The van der Waals surface area contributed by atoms with Gasteiger partial charge in [-0.3, -0.25) is 0 Å². The van der Waals surface area contributed by atoms with E-state index < -0.39 is 0 Å². The van der Waals surface area contributed by atoms with Gasteiger partial charge in [0.2, 0.25) is 0 Å². The molecule has 0 rings (SSSR count). The van der Waals surface area contributed by atoms with Crippen LogP contribution in [0.25, 0.3) is 0 Å². The lowest BCUT2D eigenvalue weighted by Gasteiger charge is -2.23. The first-order chi connectivity index (χ1) is 11.5. The fourth-order valence-electron chi connectivity index (χ4n) is 1.62. The van der Waals surface area contributed by atoms with Crippen molar-refractivity contribution in [3.05, 3.63) is 62.8 Å². The zero-order chi connectivity index (χ0) is 18.4. The van der Waals surface area contributed by atoms with Gasteiger partial charge in [-0.25, -0.2) is 0 Å². The van der Waals surface area contributed by atoms with Crippen molar-refractivity contribution in [2.24, 2.45) is 0 Å². The van der Waals surface area contributed by atoms with Crippen molar-refractivity contribution in [1.82, 2.24) is 9.80 Å². The summed E-state index contributed by atoms with van der Waals surface area (Å²) >= 11 is 14.1. The van der Waals surface area contributed by atoms with Crippen LogP contribution in [0.2, 0.25) is 0 Å². The fourth-order valence-corrected chi connectivity index (χ4v) is 3.93. The molecule has 0 heterocycles. The smallest absolute Gasteiger partial charge is 0.137 e. The number of rotatable bonds is 12. The lowest BCUT2D eigenvalue weighted by atomic mass is 10.4. The first kappa shape index (κ1) is 23.2. The highest BCUT2D eigenvalue weighted by atomic mass is 32.2. The molecule has 0 saturated carbocycles. The molecule has 0 radical (unpaired) electrons. The van der Waals surface area contributed by atoms with Crippen molar-refractivity contribution in [3.63, 3.8) is 0 Å². The molecule has 0 fully saturated rings. The maximum absolute atomic E-state index is 5.46. The molecule has 0 aliphatic rings. The molecule has 0 aliphatic heterocycles. The molecule has 0 N–H and O–H groups in total. The second-order valence-electron chi connectivity index (χ2n) is 4.82. The Morgan fingerprint density at radius 1 is 0.708 bits per heavy atom.